The highest BCUT2D eigenvalue weighted by atomic mass is 32.1. The standard InChI is InChI=1S/C10H16N2OS/c1-7(13)9-6-14-10(11-9)8-3-4-12(2)5-8/h6-8,13H,3-5H2,1-2H3. The normalized spacial score (nSPS) is 25.5. The van der Waals surface area contributed by atoms with Crippen LogP contribution in [-0.2, 0) is 0 Å². The first kappa shape index (κ1) is 10.1. The molecule has 0 bridgehead atoms. The molecule has 0 radical (unpaired) electrons. The van der Waals surface area contributed by atoms with Crippen LogP contribution < -0.4 is 0 Å². The van der Waals surface area contributed by atoms with Crippen molar-refractivity contribution in [3.8, 4) is 0 Å². The van der Waals surface area contributed by atoms with Gasteiger partial charge in [0.2, 0.25) is 0 Å². The Hall–Kier alpha value is -0.450. The zero-order chi connectivity index (χ0) is 10.1. The molecule has 1 N–H and O–H groups in total. The van der Waals surface area contributed by atoms with Crippen molar-refractivity contribution < 1.29 is 5.11 Å². The van der Waals surface area contributed by atoms with Crippen molar-refractivity contribution in [1.82, 2.24) is 9.88 Å². The van der Waals surface area contributed by atoms with Crippen molar-refractivity contribution in [3.63, 3.8) is 0 Å². The smallest absolute Gasteiger partial charge is 0.0973 e. The fourth-order valence-corrected chi connectivity index (χ4v) is 2.85. The van der Waals surface area contributed by atoms with Crippen LogP contribution in [-0.4, -0.2) is 35.1 Å². The quantitative estimate of drug-likeness (QED) is 0.809. The third-order valence-electron chi connectivity index (χ3n) is 2.71. The second-order valence-electron chi connectivity index (χ2n) is 4.03. The summed E-state index contributed by atoms with van der Waals surface area (Å²) in [6.45, 7) is 4.03. The number of aliphatic hydroxyl groups is 1. The summed E-state index contributed by atoms with van der Waals surface area (Å²) < 4.78 is 0. The molecule has 1 aromatic rings. The minimum Gasteiger partial charge on any atom is -0.387 e. The molecule has 14 heavy (non-hydrogen) atoms. The molecule has 0 amide bonds. The summed E-state index contributed by atoms with van der Waals surface area (Å²) in [5.41, 5.74) is 0.819. The van der Waals surface area contributed by atoms with E-state index in [2.05, 4.69) is 16.9 Å². The van der Waals surface area contributed by atoms with Crippen molar-refractivity contribution in [2.75, 3.05) is 20.1 Å². The van der Waals surface area contributed by atoms with Crippen LogP contribution in [0.3, 0.4) is 0 Å². The van der Waals surface area contributed by atoms with Crippen LogP contribution in [0, 0.1) is 0 Å². The van der Waals surface area contributed by atoms with E-state index in [9.17, 15) is 5.11 Å². The number of hydrogen-bond donors (Lipinski definition) is 1. The van der Waals surface area contributed by atoms with Gasteiger partial charge >= 0.3 is 0 Å². The van der Waals surface area contributed by atoms with Gasteiger partial charge in [-0.25, -0.2) is 4.98 Å². The largest absolute Gasteiger partial charge is 0.387 e. The Bertz CT molecular complexity index is 311. The van der Waals surface area contributed by atoms with E-state index in [4.69, 9.17) is 0 Å². The molecule has 4 heteroatoms. The van der Waals surface area contributed by atoms with Crippen molar-refractivity contribution >= 4 is 11.3 Å². The van der Waals surface area contributed by atoms with E-state index in [-0.39, 0.29) is 0 Å². The lowest BCUT2D eigenvalue weighted by atomic mass is 10.1. The number of thiazole rings is 1. The fourth-order valence-electron chi connectivity index (χ4n) is 1.82. The topological polar surface area (TPSA) is 36.4 Å². The Morgan fingerprint density at radius 3 is 3.00 bits per heavy atom. The molecule has 2 unspecified atom stereocenters. The molecular formula is C10H16N2OS. The summed E-state index contributed by atoms with van der Waals surface area (Å²) in [4.78, 5) is 6.80. The Labute approximate surface area is 88.4 Å². The van der Waals surface area contributed by atoms with Gasteiger partial charge in [0.1, 0.15) is 0 Å². The van der Waals surface area contributed by atoms with Gasteiger partial charge in [-0.3, -0.25) is 0 Å². The molecule has 0 saturated carbocycles. The summed E-state index contributed by atoms with van der Waals surface area (Å²) in [5.74, 6) is 0.581. The summed E-state index contributed by atoms with van der Waals surface area (Å²) in [7, 11) is 2.14. The zero-order valence-corrected chi connectivity index (χ0v) is 9.42. The Morgan fingerprint density at radius 2 is 2.50 bits per heavy atom. The number of likely N-dealkylation sites (N-methyl/N-ethyl adjacent to an activating group) is 1. The van der Waals surface area contributed by atoms with Crippen molar-refractivity contribution in [1.29, 1.82) is 0 Å². The maximum atomic E-state index is 9.37. The Balaban J connectivity index is 2.09. The van der Waals surface area contributed by atoms with Gasteiger partial charge in [0, 0.05) is 17.8 Å². The summed E-state index contributed by atoms with van der Waals surface area (Å²) in [6, 6.07) is 0. The molecule has 1 saturated heterocycles. The third-order valence-corrected chi connectivity index (χ3v) is 3.73. The maximum Gasteiger partial charge on any atom is 0.0973 e. The highest BCUT2D eigenvalue weighted by molar-refractivity contribution is 7.09. The molecule has 1 aliphatic heterocycles. The van der Waals surface area contributed by atoms with E-state index in [0.717, 1.165) is 18.8 Å². The van der Waals surface area contributed by atoms with Crippen LogP contribution in [0.5, 0.6) is 0 Å². The van der Waals surface area contributed by atoms with E-state index in [1.54, 1.807) is 18.3 Å². The van der Waals surface area contributed by atoms with Crippen molar-refractivity contribution in [3.05, 3.63) is 16.1 Å². The van der Waals surface area contributed by atoms with Crippen LogP contribution in [0.2, 0.25) is 0 Å². The molecule has 0 spiro atoms. The van der Waals surface area contributed by atoms with E-state index in [1.807, 2.05) is 5.38 Å². The molecule has 2 atom stereocenters. The summed E-state index contributed by atoms with van der Waals surface area (Å²) in [6.07, 6.45) is 0.766. The maximum absolute atomic E-state index is 9.37. The van der Waals surface area contributed by atoms with Crippen LogP contribution in [0.4, 0.5) is 0 Å². The van der Waals surface area contributed by atoms with Gasteiger partial charge in [-0.15, -0.1) is 11.3 Å². The van der Waals surface area contributed by atoms with Crippen molar-refractivity contribution in [2.24, 2.45) is 0 Å². The highest BCUT2D eigenvalue weighted by Gasteiger charge is 2.24. The Morgan fingerprint density at radius 1 is 1.71 bits per heavy atom. The molecular weight excluding hydrogens is 196 g/mol. The van der Waals surface area contributed by atoms with Gasteiger partial charge in [0.25, 0.3) is 0 Å². The number of aliphatic hydroxyl groups excluding tert-OH is 1. The van der Waals surface area contributed by atoms with Gasteiger partial charge in [-0.2, -0.15) is 0 Å². The van der Waals surface area contributed by atoms with Crippen LogP contribution in [0.15, 0.2) is 5.38 Å². The molecule has 1 aromatic heterocycles. The number of rotatable bonds is 2. The molecule has 1 fully saturated rings. The van der Waals surface area contributed by atoms with Crippen LogP contribution in [0.25, 0.3) is 0 Å². The van der Waals surface area contributed by atoms with Gasteiger partial charge < -0.3 is 10.0 Å². The number of aromatic nitrogens is 1. The third kappa shape index (κ3) is 1.97. The van der Waals surface area contributed by atoms with E-state index < -0.39 is 6.10 Å². The summed E-state index contributed by atoms with van der Waals surface area (Å²) >= 11 is 1.68. The Kier molecular flexibility index (Phi) is 2.85. The number of nitrogens with zero attached hydrogens (tertiary/aromatic N) is 2. The van der Waals surface area contributed by atoms with Gasteiger partial charge in [-0.1, -0.05) is 0 Å². The first-order valence-electron chi connectivity index (χ1n) is 4.98. The van der Waals surface area contributed by atoms with E-state index in [1.165, 1.54) is 11.4 Å². The molecule has 1 aliphatic rings. The second-order valence-corrected chi connectivity index (χ2v) is 4.92. The zero-order valence-electron chi connectivity index (χ0n) is 8.60. The lowest BCUT2D eigenvalue weighted by molar-refractivity contribution is 0.195. The average Bonchev–Trinajstić information content (AvgIpc) is 2.70. The number of likely N-dealkylation sites (tertiary alicyclic amines) is 1. The van der Waals surface area contributed by atoms with Crippen LogP contribution in [0.1, 0.15) is 36.1 Å². The molecule has 2 heterocycles. The van der Waals surface area contributed by atoms with Crippen molar-refractivity contribution in [2.45, 2.75) is 25.4 Å². The minimum absolute atomic E-state index is 0.431. The lowest BCUT2D eigenvalue weighted by Crippen LogP contribution is -2.13. The highest BCUT2D eigenvalue weighted by Crippen LogP contribution is 2.29. The monoisotopic (exact) mass is 212 g/mol. The van der Waals surface area contributed by atoms with E-state index >= 15 is 0 Å². The van der Waals surface area contributed by atoms with Crippen LogP contribution >= 0.6 is 11.3 Å². The lowest BCUT2D eigenvalue weighted by Gasteiger charge is -2.06. The first-order valence-corrected chi connectivity index (χ1v) is 5.86. The first-order chi connectivity index (χ1) is 6.66. The molecule has 0 aliphatic carbocycles. The molecule has 0 aromatic carbocycles. The fraction of sp³-hybridized carbons (Fsp3) is 0.700. The van der Waals surface area contributed by atoms with Gasteiger partial charge in [0.05, 0.1) is 16.8 Å². The number of hydrogen-bond acceptors (Lipinski definition) is 4. The average molecular weight is 212 g/mol. The predicted molar refractivity (Wildman–Crippen MR) is 57.6 cm³/mol. The molecule has 78 valence electrons. The summed E-state index contributed by atoms with van der Waals surface area (Å²) in [5, 5.41) is 12.5. The molecule has 2 rings (SSSR count). The second kappa shape index (κ2) is 3.96. The predicted octanol–water partition coefficient (Wildman–Crippen LogP) is 1.62. The minimum atomic E-state index is -0.431. The van der Waals surface area contributed by atoms with Gasteiger partial charge in [0.15, 0.2) is 0 Å². The van der Waals surface area contributed by atoms with Gasteiger partial charge in [-0.05, 0) is 26.9 Å². The van der Waals surface area contributed by atoms with E-state index in [0.29, 0.717) is 5.92 Å². The molecule has 3 nitrogen and oxygen atoms in total. The SMILES string of the molecule is CC(O)c1csc(C2CCN(C)C2)n1.